The Kier molecular flexibility index (Phi) is 5.25. The van der Waals surface area contributed by atoms with E-state index < -0.39 is 40.4 Å². The number of rotatable bonds is 3. The van der Waals surface area contributed by atoms with Crippen molar-refractivity contribution in [2.75, 3.05) is 10.2 Å². The Hall–Kier alpha value is -4.06. The van der Waals surface area contributed by atoms with E-state index in [-0.39, 0.29) is 17.3 Å². The minimum atomic E-state index is -1.43. The smallest absolute Gasteiger partial charge is 0.238 e. The van der Waals surface area contributed by atoms with Crippen molar-refractivity contribution < 1.29 is 18.8 Å². The molecule has 6 heteroatoms. The van der Waals surface area contributed by atoms with Gasteiger partial charge in [0.1, 0.15) is 17.3 Å². The first-order chi connectivity index (χ1) is 18.1. The third kappa shape index (κ3) is 3.12. The molecule has 0 bridgehead atoms. The van der Waals surface area contributed by atoms with Gasteiger partial charge >= 0.3 is 0 Å². The van der Waals surface area contributed by atoms with Crippen LogP contribution in [0.1, 0.15) is 49.2 Å². The van der Waals surface area contributed by atoms with Gasteiger partial charge in [-0.1, -0.05) is 75.4 Å². The van der Waals surface area contributed by atoms with Crippen molar-refractivity contribution in [2.24, 2.45) is 11.3 Å². The lowest BCUT2D eigenvalue weighted by molar-refractivity contribution is -0.128. The van der Waals surface area contributed by atoms with Crippen LogP contribution in [0, 0.1) is 17.2 Å². The zero-order chi connectivity index (χ0) is 27.0. The zero-order valence-electron chi connectivity index (χ0n) is 21.8. The Morgan fingerprint density at radius 3 is 2.34 bits per heavy atom. The van der Waals surface area contributed by atoms with Crippen molar-refractivity contribution in [2.45, 2.75) is 45.2 Å². The SMILES string of the molecule is CC1=C[C@H]2N(c3ccccc31)[C@@H](C(=O)C(C)(C)C)[C@@H](C(=O)c1ccccc1F)[C@@]21C(=O)Nc2ccccc21. The summed E-state index contributed by atoms with van der Waals surface area (Å²) in [6, 6.07) is 19.3. The molecule has 3 aliphatic rings. The largest absolute Gasteiger partial charge is 0.352 e. The fourth-order valence-corrected chi connectivity index (χ4v) is 6.66. The van der Waals surface area contributed by atoms with Gasteiger partial charge in [0.25, 0.3) is 0 Å². The number of nitrogens with one attached hydrogen (secondary N) is 1. The summed E-state index contributed by atoms with van der Waals surface area (Å²) in [6.45, 7) is 7.44. The average Bonchev–Trinajstić information content (AvgIpc) is 3.36. The molecule has 3 aromatic rings. The Morgan fingerprint density at radius 1 is 0.947 bits per heavy atom. The van der Waals surface area contributed by atoms with Gasteiger partial charge in [-0.15, -0.1) is 0 Å². The number of allylic oxidation sites excluding steroid dienone is 1. The van der Waals surface area contributed by atoms with Gasteiger partial charge in [-0.3, -0.25) is 14.4 Å². The van der Waals surface area contributed by atoms with Gasteiger partial charge in [-0.2, -0.15) is 0 Å². The minimum absolute atomic E-state index is 0.116. The molecule has 0 saturated carbocycles. The van der Waals surface area contributed by atoms with E-state index in [1.165, 1.54) is 18.2 Å². The Morgan fingerprint density at radius 2 is 1.61 bits per heavy atom. The summed E-state index contributed by atoms with van der Waals surface area (Å²) >= 11 is 0. The van der Waals surface area contributed by atoms with Crippen LogP contribution in [-0.2, 0) is 15.0 Å². The van der Waals surface area contributed by atoms with E-state index in [1.54, 1.807) is 6.07 Å². The molecule has 0 radical (unpaired) electrons. The van der Waals surface area contributed by atoms with Crippen LogP contribution in [0.15, 0.2) is 78.9 Å². The first-order valence-corrected chi connectivity index (χ1v) is 12.9. The molecule has 4 atom stereocenters. The number of carbonyl (C=O) groups is 3. The number of hydrogen-bond acceptors (Lipinski definition) is 4. The highest BCUT2D eigenvalue weighted by Gasteiger charge is 2.71. The van der Waals surface area contributed by atoms with Crippen LogP contribution in [0.4, 0.5) is 15.8 Å². The molecular formula is C32H29FN2O3. The number of amides is 1. The second-order valence-corrected chi connectivity index (χ2v) is 11.5. The van der Waals surface area contributed by atoms with E-state index in [0.717, 1.165) is 16.8 Å². The lowest BCUT2D eigenvalue weighted by atomic mass is 9.63. The Bertz CT molecular complexity index is 1550. The standard InChI is InChI=1S/C32H29FN2O3/c1-18-17-25-32(21-13-7-9-15-23(21)34-30(32)38)26(28(36)20-12-5-8-14-22(20)33)27(29(37)31(2,3)4)35(25)24-16-10-6-11-19(18)24/h5-17,25-27H,1-4H3,(H,34,38)/t25-,26+,27-,32+/m1/s1. The summed E-state index contributed by atoms with van der Waals surface area (Å²) in [7, 11) is 0. The van der Waals surface area contributed by atoms with Crippen molar-refractivity contribution in [1.29, 1.82) is 0 Å². The molecule has 0 unspecified atom stereocenters. The van der Waals surface area contributed by atoms with Gasteiger partial charge in [-0.05, 0) is 42.3 Å². The molecule has 6 rings (SSSR count). The molecule has 0 aliphatic carbocycles. The number of nitrogens with zero attached hydrogens (tertiary/aromatic N) is 1. The molecular weight excluding hydrogens is 479 g/mol. The normalized spacial score (nSPS) is 25.4. The maximum absolute atomic E-state index is 15.2. The first kappa shape index (κ1) is 24.3. The molecule has 5 nitrogen and oxygen atoms in total. The predicted molar refractivity (Wildman–Crippen MR) is 146 cm³/mol. The van der Waals surface area contributed by atoms with Crippen molar-refractivity contribution in [3.05, 3.63) is 101 Å². The lowest BCUT2D eigenvalue weighted by Crippen LogP contribution is -2.52. The number of fused-ring (bicyclic) bond motifs is 6. The molecule has 38 heavy (non-hydrogen) atoms. The lowest BCUT2D eigenvalue weighted by Gasteiger charge is -2.39. The molecule has 1 spiro atoms. The van der Waals surface area contributed by atoms with Gasteiger partial charge in [0.05, 0.1) is 17.5 Å². The van der Waals surface area contributed by atoms with E-state index in [1.807, 2.05) is 87.2 Å². The predicted octanol–water partition coefficient (Wildman–Crippen LogP) is 5.80. The summed E-state index contributed by atoms with van der Waals surface area (Å²) < 4.78 is 15.2. The van der Waals surface area contributed by atoms with Crippen LogP contribution in [-0.4, -0.2) is 29.6 Å². The average molecular weight is 509 g/mol. The highest BCUT2D eigenvalue weighted by Crippen LogP contribution is 2.59. The summed E-state index contributed by atoms with van der Waals surface area (Å²) in [6.07, 6.45) is 2.00. The first-order valence-electron chi connectivity index (χ1n) is 12.9. The summed E-state index contributed by atoms with van der Waals surface area (Å²) in [4.78, 5) is 45.1. The number of ketones is 2. The molecule has 1 amide bonds. The number of Topliss-reactive ketones (excluding diaryl/α,β-unsaturated/α-hetero) is 2. The molecule has 3 aliphatic heterocycles. The van der Waals surface area contributed by atoms with Gasteiger partial charge in [-0.25, -0.2) is 4.39 Å². The van der Waals surface area contributed by atoms with E-state index in [4.69, 9.17) is 0 Å². The molecule has 1 fully saturated rings. The van der Waals surface area contributed by atoms with E-state index >= 15 is 4.39 Å². The fourth-order valence-electron chi connectivity index (χ4n) is 6.66. The molecule has 3 aromatic carbocycles. The number of anilines is 2. The highest BCUT2D eigenvalue weighted by molar-refractivity contribution is 6.17. The van der Waals surface area contributed by atoms with Crippen LogP contribution >= 0.6 is 0 Å². The highest BCUT2D eigenvalue weighted by atomic mass is 19.1. The monoisotopic (exact) mass is 508 g/mol. The van der Waals surface area contributed by atoms with E-state index in [2.05, 4.69) is 5.32 Å². The number of hydrogen-bond donors (Lipinski definition) is 1. The zero-order valence-corrected chi connectivity index (χ0v) is 21.8. The fraction of sp³-hybridized carbons (Fsp3) is 0.281. The summed E-state index contributed by atoms with van der Waals surface area (Å²) in [5.74, 6) is -2.89. The number of halogens is 1. The van der Waals surface area contributed by atoms with Crippen LogP contribution in [0.25, 0.3) is 5.57 Å². The third-order valence-electron chi connectivity index (χ3n) is 8.31. The van der Waals surface area contributed by atoms with Crippen LogP contribution < -0.4 is 10.2 Å². The molecule has 1 saturated heterocycles. The van der Waals surface area contributed by atoms with Gasteiger partial charge in [0, 0.05) is 22.4 Å². The van der Waals surface area contributed by atoms with E-state index in [0.29, 0.717) is 11.3 Å². The third-order valence-corrected chi connectivity index (χ3v) is 8.31. The topological polar surface area (TPSA) is 66.5 Å². The molecule has 0 aromatic heterocycles. The van der Waals surface area contributed by atoms with E-state index in [9.17, 15) is 14.4 Å². The molecule has 1 N–H and O–H groups in total. The van der Waals surface area contributed by atoms with Crippen molar-refractivity contribution >= 4 is 34.4 Å². The molecule has 192 valence electrons. The minimum Gasteiger partial charge on any atom is -0.352 e. The van der Waals surface area contributed by atoms with Crippen molar-refractivity contribution in [3.8, 4) is 0 Å². The number of benzene rings is 3. The molecule has 3 heterocycles. The van der Waals surface area contributed by atoms with Crippen LogP contribution in [0.2, 0.25) is 0 Å². The number of para-hydroxylation sites is 2. The second kappa shape index (κ2) is 8.22. The summed E-state index contributed by atoms with van der Waals surface area (Å²) in [5, 5.41) is 3.00. The van der Waals surface area contributed by atoms with Crippen molar-refractivity contribution in [3.63, 3.8) is 0 Å². The number of carbonyl (C=O) groups excluding carboxylic acids is 3. The van der Waals surface area contributed by atoms with Gasteiger partial charge in [0.2, 0.25) is 5.91 Å². The summed E-state index contributed by atoms with van der Waals surface area (Å²) in [5.41, 5.74) is 1.58. The Labute approximate surface area is 221 Å². The van der Waals surface area contributed by atoms with Crippen molar-refractivity contribution in [1.82, 2.24) is 0 Å². The van der Waals surface area contributed by atoms with Gasteiger partial charge in [0.15, 0.2) is 11.6 Å². The van der Waals surface area contributed by atoms with Crippen LogP contribution in [0.5, 0.6) is 0 Å². The maximum atomic E-state index is 15.2. The quantitative estimate of drug-likeness (QED) is 0.454. The van der Waals surface area contributed by atoms with Crippen LogP contribution in [0.3, 0.4) is 0 Å². The van der Waals surface area contributed by atoms with Gasteiger partial charge < -0.3 is 10.2 Å². The maximum Gasteiger partial charge on any atom is 0.238 e. The Balaban J connectivity index is 1.72. The second-order valence-electron chi connectivity index (χ2n) is 11.5.